The van der Waals surface area contributed by atoms with E-state index in [0.29, 0.717) is 17.0 Å². The van der Waals surface area contributed by atoms with Crippen LogP contribution in [0.4, 0.5) is 11.4 Å². The average molecular weight is 660 g/mol. The molecule has 5 aromatic rings. The summed E-state index contributed by atoms with van der Waals surface area (Å²) in [6.07, 6.45) is 1.90. The van der Waals surface area contributed by atoms with Gasteiger partial charge in [-0.1, -0.05) is 0 Å². The van der Waals surface area contributed by atoms with E-state index in [1.54, 1.807) is 3.38 Å². The molecule has 8 heteroatoms. The zero-order chi connectivity index (χ0) is 31.9. The van der Waals surface area contributed by atoms with Gasteiger partial charge in [-0.15, -0.1) is 0 Å². The van der Waals surface area contributed by atoms with Gasteiger partial charge in [-0.25, -0.2) is 0 Å². The van der Waals surface area contributed by atoms with E-state index < -0.39 is 16.0 Å². The Bertz CT molecular complexity index is 1890. The minimum absolute atomic E-state index is 0.269. The maximum absolute atomic E-state index is 14.8. The van der Waals surface area contributed by atoms with Gasteiger partial charge in [0.05, 0.1) is 0 Å². The average Bonchev–Trinajstić information content (AvgIpc) is 3.28. The normalized spacial score (nSPS) is 11.6. The number of nitrogens with zero attached hydrogens (tertiary/aromatic N) is 4. The summed E-state index contributed by atoms with van der Waals surface area (Å²) in [5.74, 6) is -0.269. The fourth-order valence-corrected chi connectivity index (χ4v) is 8.40. The van der Waals surface area contributed by atoms with Crippen LogP contribution >= 0.6 is 18.6 Å². The maximum atomic E-state index is 14.8. The molecule has 0 atom stereocenters. The van der Waals surface area contributed by atoms with Crippen LogP contribution in [0.1, 0.15) is 55.0 Å². The van der Waals surface area contributed by atoms with E-state index in [1.165, 1.54) is 5.56 Å². The van der Waals surface area contributed by atoms with Crippen molar-refractivity contribution in [1.29, 1.82) is 0 Å². The zero-order valence-electron chi connectivity index (χ0n) is 26.5. The number of hydrogen-bond acceptors (Lipinski definition) is 2. The fourth-order valence-electron chi connectivity index (χ4n) is 6.01. The Labute approximate surface area is 274 Å². The van der Waals surface area contributed by atoms with Gasteiger partial charge in [0.25, 0.3) is 0 Å². The van der Waals surface area contributed by atoms with Crippen molar-refractivity contribution in [3.63, 3.8) is 0 Å². The SMILES string of the molecule is Cc1ccc(N=c2n(-c3c(C)cc(C)cc3C)cc(C(=O)[N](c3ccc(C)cc3)[Ti]([Cl])[Cl])n2-c2c(C)cc(C)cc2C)cc1. The van der Waals surface area contributed by atoms with Crippen molar-refractivity contribution in [3.05, 3.63) is 135 Å². The van der Waals surface area contributed by atoms with Gasteiger partial charge in [-0.2, -0.15) is 0 Å². The molecule has 4 aromatic carbocycles. The van der Waals surface area contributed by atoms with Gasteiger partial charge in [0, 0.05) is 0 Å². The molecule has 0 radical (unpaired) electrons. The van der Waals surface area contributed by atoms with Crippen LogP contribution in [0.25, 0.3) is 11.4 Å². The predicted octanol–water partition coefficient (Wildman–Crippen LogP) is 9.46. The van der Waals surface area contributed by atoms with E-state index in [9.17, 15) is 4.79 Å². The van der Waals surface area contributed by atoms with E-state index in [1.807, 2.05) is 70.8 Å². The van der Waals surface area contributed by atoms with Crippen LogP contribution in [-0.2, 0) is 16.0 Å². The Balaban J connectivity index is 1.94. The number of imidazole rings is 1. The van der Waals surface area contributed by atoms with Crippen LogP contribution in [0, 0.1) is 55.4 Å². The molecule has 0 aliphatic carbocycles. The van der Waals surface area contributed by atoms with E-state index in [4.69, 9.17) is 23.6 Å². The molecule has 0 saturated heterocycles. The quantitative estimate of drug-likeness (QED) is 0.167. The number of aromatic nitrogens is 2. The van der Waals surface area contributed by atoms with Crippen molar-refractivity contribution in [2.45, 2.75) is 55.4 Å². The summed E-state index contributed by atoms with van der Waals surface area (Å²) in [7, 11) is 13.4. The molecule has 0 spiro atoms. The van der Waals surface area contributed by atoms with Gasteiger partial charge >= 0.3 is 276 Å². The van der Waals surface area contributed by atoms with E-state index in [2.05, 4.69) is 72.7 Å². The second-order valence-electron chi connectivity index (χ2n) is 11.7. The van der Waals surface area contributed by atoms with Gasteiger partial charge in [0.1, 0.15) is 0 Å². The molecule has 0 bridgehead atoms. The number of carbonyl (C=O) groups is 1. The fraction of sp³-hybridized carbons (Fsp3) is 0.222. The number of benzene rings is 4. The Morgan fingerprint density at radius 3 is 1.59 bits per heavy atom. The number of amides is 1. The summed E-state index contributed by atoms with van der Waals surface area (Å²) in [6, 6.07) is 24.4. The first kappa shape index (κ1) is 32.1. The second-order valence-corrected chi connectivity index (χ2v) is 16.9. The number of anilines is 1. The summed E-state index contributed by atoms with van der Waals surface area (Å²) < 4.78 is 5.62. The molecule has 225 valence electrons. The first-order valence-electron chi connectivity index (χ1n) is 14.6. The standard InChI is InChI=1S/C36H38N4O.2ClH.Ti/c1-22-9-13-30(14-10-22)37-35(41)32-21-39(33-26(5)17-24(3)18-27(33)6)36(38-31-15-11-23(2)12-16-31)40(32)34-28(7)19-25(4)20-29(34)8;;;/h9-21H,1-8H3,(H,37,41);2*1H;/q;;;+3/p-3. The molecule has 0 unspecified atom stereocenters. The molecule has 0 aliphatic rings. The third-order valence-electron chi connectivity index (χ3n) is 7.79. The summed E-state index contributed by atoms with van der Waals surface area (Å²) in [4.78, 5) is 20.0. The van der Waals surface area contributed by atoms with E-state index >= 15 is 0 Å². The van der Waals surface area contributed by atoms with Crippen LogP contribution in [0.2, 0.25) is 0 Å². The number of aryl methyl sites for hydroxylation is 8. The Hall–Kier alpha value is -3.35. The predicted molar refractivity (Wildman–Crippen MR) is 180 cm³/mol. The molecular weight excluding hydrogens is 623 g/mol. The van der Waals surface area contributed by atoms with Crippen LogP contribution in [0.3, 0.4) is 0 Å². The van der Waals surface area contributed by atoms with Crippen LogP contribution < -0.4 is 9.00 Å². The van der Waals surface area contributed by atoms with Gasteiger partial charge in [0.15, 0.2) is 0 Å². The molecule has 0 N–H and O–H groups in total. The van der Waals surface area contributed by atoms with Crippen LogP contribution in [0.15, 0.2) is 84.0 Å². The monoisotopic (exact) mass is 659 g/mol. The topological polar surface area (TPSA) is 42.5 Å². The molecule has 0 aliphatic heterocycles. The Kier molecular flexibility index (Phi) is 9.43. The molecule has 1 heterocycles. The Morgan fingerprint density at radius 2 is 1.11 bits per heavy atom. The number of halogens is 2. The van der Waals surface area contributed by atoms with Gasteiger partial charge in [-0.3, -0.25) is 0 Å². The van der Waals surface area contributed by atoms with Gasteiger partial charge in [-0.05, 0) is 0 Å². The molecule has 44 heavy (non-hydrogen) atoms. The summed E-state index contributed by atoms with van der Waals surface area (Å²) >= 11 is -3.03. The van der Waals surface area contributed by atoms with Crippen LogP contribution in [0.5, 0.6) is 0 Å². The van der Waals surface area contributed by atoms with E-state index in [-0.39, 0.29) is 5.91 Å². The van der Waals surface area contributed by atoms with Crippen molar-refractivity contribution in [3.8, 4) is 11.4 Å². The minimum atomic E-state index is -3.03. The number of hydrogen-bond donors (Lipinski definition) is 0. The summed E-state index contributed by atoms with van der Waals surface area (Å²) in [5, 5.41) is 0. The van der Waals surface area contributed by atoms with Gasteiger partial charge < -0.3 is 0 Å². The second kappa shape index (κ2) is 12.9. The third kappa shape index (κ3) is 6.38. The molecular formula is C36H37Cl2N4OTi. The van der Waals surface area contributed by atoms with Crippen molar-refractivity contribution in [2.75, 3.05) is 3.38 Å². The summed E-state index contributed by atoms with van der Waals surface area (Å²) in [6.45, 7) is 16.6. The molecule has 1 amide bonds. The first-order valence-corrected chi connectivity index (χ1v) is 19.6. The third-order valence-corrected chi connectivity index (χ3v) is 10.4. The zero-order valence-corrected chi connectivity index (χ0v) is 29.5. The van der Waals surface area contributed by atoms with Crippen molar-refractivity contribution in [1.82, 2.24) is 9.13 Å². The van der Waals surface area contributed by atoms with Crippen molar-refractivity contribution < 1.29 is 20.8 Å². The van der Waals surface area contributed by atoms with Gasteiger partial charge in [0.2, 0.25) is 0 Å². The van der Waals surface area contributed by atoms with E-state index in [0.717, 1.165) is 56.0 Å². The first-order chi connectivity index (χ1) is 20.8. The molecule has 1 aromatic heterocycles. The van der Waals surface area contributed by atoms with Crippen LogP contribution in [-0.4, -0.2) is 15.0 Å². The molecule has 0 saturated carbocycles. The number of carbonyl (C=O) groups excluding carboxylic acids is 1. The summed E-state index contributed by atoms with van der Waals surface area (Å²) in [5.41, 5.74) is 13.2. The molecule has 0 fully saturated rings. The van der Waals surface area contributed by atoms with Crippen molar-refractivity contribution in [2.24, 2.45) is 4.99 Å². The molecule has 5 nitrogen and oxygen atoms in total. The number of rotatable bonds is 6. The Morgan fingerprint density at radius 1 is 0.659 bits per heavy atom. The molecule has 5 rings (SSSR count). The van der Waals surface area contributed by atoms with Crippen molar-refractivity contribution >= 4 is 35.9 Å².